The largest absolute Gasteiger partial charge is 0.448 e. The first-order valence-electron chi connectivity index (χ1n) is 6.98. The van der Waals surface area contributed by atoms with Gasteiger partial charge in [0.1, 0.15) is 13.2 Å². The Hall–Kier alpha value is -2.83. The lowest BCUT2D eigenvalue weighted by atomic mass is 10.2. The molecule has 0 saturated carbocycles. The first kappa shape index (κ1) is 14.1. The van der Waals surface area contributed by atoms with Gasteiger partial charge >= 0.3 is 6.09 Å². The summed E-state index contributed by atoms with van der Waals surface area (Å²) in [5, 5.41) is 6.93. The zero-order valence-corrected chi connectivity index (χ0v) is 11.9. The molecular weight excluding hydrogens is 284 g/mol. The van der Waals surface area contributed by atoms with Gasteiger partial charge in [0.2, 0.25) is 5.91 Å². The van der Waals surface area contributed by atoms with E-state index >= 15 is 0 Å². The number of anilines is 1. The van der Waals surface area contributed by atoms with Crippen molar-refractivity contribution < 1.29 is 14.3 Å². The van der Waals surface area contributed by atoms with Crippen LogP contribution in [0.3, 0.4) is 0 Å². The van der Waals surface area contributed by atoms with Crippen LogP contribution in [0.25, 0.3) is 0 Å². The van der Waals surface area contributed by atoms with E-state index in [1.165, 1.54) is 4.90 Å². The third-order valence-electron chi connectivity index (χ3n) is 3.28. The highest BCUT2D eigenvalue weighted by Gasteiger charge is 2.24. The maximum Gasteiger partial charge on any atom is 0.410 e. The lowest BCUT2D eigenvalue weighted by molar-refractivity contribution is -0.116. The number of amides is 2. The number of hydrogen-bond donors (Lipinski definition) is 1. The van der Waals surface area contributed by atoms with Crippen LogP contribution in [0.1, 0.15) is 5.56 Å². The second kappa shape index (κ2) is 6.30. The average Bonchev–Trinajstić information content (AvgIpc) is 3.10. The number of cyclic esters (lactones) is 1. The summed E-state index contributed by atoms with van der Waals surface area (Å²) in [6, 6.07) is 9.92. The summed E-state index contributed by atoms with van der Waals surface area (Å²) in [6.45, 7) is 1.40. The molecule has 0 bridgehead atoms. The molecule has 0 atom stereocenters. The fourth-order valence-electron chi connectivity index (χ4n) is 2.23. The van der Waals surface area contributed by atoms with Crippen LogP contribution in [0.4, 0.5) is 10.5 Å². The van der Waals surface area contributed by atoms with E-state index in [1.807, 2.05) is 30.3 Å². The molecule has 0 spiro atoms. The van der Waals surface area contributed by atoms with Crippen LogP contribution in [0, 0.1) is 0 Å². The number of aromatic nitrogens is 2. The lowest BCUT2D eigenvalue weighted by Crippen LogP contribution is -2.33. The fraction of sp³-hybridized carbons (Fsp3) is 0.267. The lowest BCUT2D eigenvalue weighted by Gasteiger charge is -2.11. The Morgan fingerprint density at radius 2 is 2.14 bits per heavy atom. The van der Waals surface area contributed by atoms with Gasteiger partial charge < -0.3 is 10.1 Å². The quantitative estimate of drug-likeness (QED) is 0.903. The van der Waals surface area contributed by atoms with Gasteiger partial charge in [0.05, 0.1) is 25.0 Å². The van der Waals surface area contributed by atoms with Gasteiger partial charge in [-0.3, -0.25) is 14.4 Å². The Morgan fingerprint density at radius 3 is 2.86 bits per heavy atom. The molecule has 2 amide bonds. The number of hydrogen-bond acceptors (Lipinski definition) is 4. The van der Waals surface area contributed by atoms with Crippen LogP contribution in [-0.2, 0) is 16.1 Å². The van der Waals surface area contributed by atoms with Crippen LogP contribution in [0.2, 0.25) is 0 Å². The first-order valence-corrected chi connectivity index (χ1v) is 6.98. The molecule has 1 saturated heterocycles. The fourth-order valence-corrected chi connectivity index (χ4v) is 2.23. The van der Waals surface area contributed by atoms with Crippen LogP contribution < -0.4 is 5.32 Å². The molecule has 0 unspecified atom stereocenters. The molecule has 3 rings (SSSR count). The van der Waals surface area contributed by atoms with Gasteiger partial charge in [-0.1, -0.05) is 30.3 Å². The van der Waals surface area contributed by atoms with E-state index in [9.17, 15) is 9.59 Å². The van der Waals surface area contributed by atoms with Gasteiger partial charge in [-0.2, -0.15) is 5.10 Å². The van der Waals surface area contributed by atoms with Crippen molar-refractivity contribution in [3.63, 3.8) is 0 Å². The maximum atomic E-state index is 11.9. The van der Waals surface area contributed by atoms with Crippen molar-refractivity contribution in [3.05, 3.63) is 48.3 Å². The Bertz CT molecular complexity index is 668. The molecule has 1 aliphatic rings. The molecule has 1 N–H and O–H groups in total. The zero-order chi connectivity index (χ0) is 15.4. The number of carbonyl (C=O) groups is 2. The molecule has 1 fully saturated rings. The van der Waals surface area contributed by atoms with Crippen molar-refractivity contribution >= 4 is 17.7 Å². The number of benzene rings is 1. The summed E-state index contributed by atoms with van der Waals surface area (Å²) in [5.74, 6) is -0.266. The third-order valence-corrected chi connectivity index (χ3v) is 3.28. The van der Waals surface area contributed by atoms with Gasteiger partial charge in [0.15, 0.2) is 0 Å². The molecule has 2 aromatic rings. The molecule has 7 heteroatoms. The zero-order valence-electron chi connectivity index (χ0n) is 11.9. The smallest absolute Gasteiger partial charge is 0.410 e. The molecule has 1 aromatic carbocycles. The van der Waals surface area contributed by atoms with E-state index in [-0.39, 0.29) is 12.5 Å². The van der Waals surface area contributed by atoms with Crippen molar-refractivity contribution in [2.75, 3.05) is 25.0 Å². The molecule has 0 aliphatic carbocycles. The summed E-state index contributed by atoms with van der Waals surface area (Å²) in [5.41, 5.74) is 1.73. The van der Waals surface area contributed by atoms with E-state index in [2.05, 4.69) is 10.4 Å². The van der Waals surface area contributed by atoms with E-state index in [1.54, 1.807) is 17.1 Å². The average molecular weight is 300 g/mol. The first-order chi connectivity index (χ1) is 10.7. The van der Waals surface area contributed by atoms with Crippen molar-refractivity contribution in [1.82, 2.24) is 14.7 Å². The van der Waals surface area contributed by atoms with Crippen LogP contribution in [0.15, 0.2) is 42.7 Å². The minimum atomic E-state index is -0.449. The molecule has 114 valence electrons. The van der Waals surface area contributed by atoms with Crippen molar-refractivity contribution in [2.24, 2.45) is 0 Å². The Morgan fingerprint density at radius 1 is 1.32 bits per heavy atom. The second-order valence-corrected chi connectivity index (χ2v) is 5.00. The van der Waals surface area contributed by atoms with Gasteiger partial charge in [-0.05, 0) is 5.56 Å². The number of rotatable bonds is 5. The summed E-state index contributed by atoms with van der Waals surface area (Å²) in [7, 11) is 0. The molecule has 7 nitrogen and oxygen atoms in total. The second-order valence-electron chi connectivity index (χ2n) is 5.00. The van der Waals surface area contributed by atoms with Gasteiger partial charge in [-0.15, -0.1) is 0 Å². The number of nitrogens with zero attached hydrogens (tertiary/aromatic N) is 3. The highest BCUT2D eigenvalue weighted by Crippen LogP contribution is 2.09. The van der Waals surface area contributed by atoms with Crippen molar-refractivity contribution in [2.45, 2.75) is 6.54 Å². The van der Waals surface area contributed by atoms with E-state index < -0.39 is 6.09 Å². The topological polar surface area (TPSA) is 76.5 Å². The van der Waals surface area contributed by atoms with E-state index in [4.69, 9.17) is 4.74 Å². The number of ether oxygens (including phenoxy) is 1. The summed E-state index contributed by atoms with van der Waals surface area (Å²) < 4.78 is 6.52. The highest BCUT2D eigenvalue weighted by atomic mass is 16.6. The van der Waals surface area contributed by atoms with Crippen LogP contribution in [0.5, 0.6) is 0 Å². The molecule has 22 heavy (non-hydrogen) atoms. The highest BCUT2D eigenvalue weighted by molar-refractivity contribution is 5.93. The van der Waals surface area contributed by atoms with Crippen LogP contribution >= 0.6 is 0 Å². The molecule has 0 radical (unpaired) electrons. The van der Waals surface area contributed by atoms with E-state index in [0.29, 0.717) is 25.4 Å². The summed E-state index contributed by atoms with van der Waals surface area (Å²) in [4.78, 5) is 24.5. The molecule has 2 heterocycles. The van der Waals surface area contributed by atoms with Gasteiger partial charge in [-0.25, -0.2) is 4.79 Å². The Labute approximate surface area is 127 Å². The summed E-state index contributed by atoms with van der Waals surface area (Å²) >= 11 is 0. The Kier molecular flexibility index (Phi) is 4.04. The molecular formula is C15H16N4O3. The van der Waals surface area contributed by atoms with Crippen LogP contribution in [-0.4, -0.2) is 46.4 Å². The molecule has 1 aliphatic heterocycles. The monoisotopic (exact) mass is 300 g/mol. The van der Waals surface area contributed by atoms with Crippen molar-refractivity contribution in [1.29, 1.82) is 0 Å². The third kappa shape index (κ3) is 3.43. The maximum absolute atomic E-state index is 11.9. The summed E-state index contributed by atoms with van der Waals surface area (Å²) in [6.07, 6.45) is 2.89. The minimum absolute atomic E-state index is 0.0112. The minimum Gasteiger partial charge on any atom is -0.448 e. The Balaban J connectivity index is 1.55. The van der Waals surface area contributed by atoms with Crippen molar-refractivity contribution in [3.8, 4) is 0 Å². The number of nitrogens with one attached hydrogen (secondary N) is 1. The SMILES string of the molecule is O=C(CN1CCOC1=O)Nc1cnn(Cc2ccccc2)c1. The van der Waals surface area contributed by atoms with Gasteiger partial charge in [0.25, 0.3) is 0 Å². The predicted molar refractivity (Wildman–Crippen MR) is 79.3 cm³/mol. The normalized spacial score (nSPS) is 14.0. The van der Waals surface area contributed by atoms with E-state index in [0.717, 1.165) is 5.56 Å². The van der Waals surface area contributed by atoms with Gasteiger partial charge in [0, 0.05) is 6.20 Å². The predicted octanol–water partition coefficient (Wildman–Crippen LogP) is 1.32. The number of carbonyl (C=O) groups excluding carboxylic acids is 2. The standard InChI is InChI=1S/C15H16N4O3/c20-14(11-18-6-7-22-15(18)21)17-13-8-16-19(10-13)9-12-4-2-1-3-5-12/h1-5,8,10H,6-7,9,11H2,(H,17,20). The molecule has 1 aromatic heterocycles.